The van der Waals surface area contributed by atoms with Gasteiger partial charge in [0.25, 0.3) is 0 Å². The molecule has 136 valence electrons. The molecule has 1 aliphatic heterocycles. The lowest BCUT2D eigenvalue weighted by Crippen LogP contribution is -2.31. The lowest BCUT2D eigenvalue weighted by Gasteiger charge is -2.35. The van der Waals surface area contributed by atoms with Gasteiger partial charge in [-0.2, -0.15) is 0 Å². The Bertz CT molecular complexity index is 651. The second-order valence-electron chi connectivity index (χ2n) is 9.17. The van der Waals surface area contributed by atoms with E-state index in [1.54, 1.807) is 0 Å². The van der Waals surface area contributed by atoms with Crippen LogP contribution in [0.2, 0.25) is 17.7 Å². The third kappa shape index (κ3) is 4.62. The highest BCUT2D eigenvalue weighted by Crippen LogP contribution is 2.52. The summed E-state index contributed by atoms with van der Waals surface area (Å²) in [6, 6.07) is 4.46. The maximum Gasteiger partial charge on any atom is 0.177 e. The Labute approximate surface area is 160 Å². The van der Waals surface area contributed by atoms with Crippen LogP contribution < -0.4 is 5.46 Å². The normalized spacial score (nSPS) is 18.9. The minimum Gasteiger partial charge on any atom is -0.0999 e. The quantitative estimate of drug-likeness (QED) is 0.374. The Morgan fingerprint density at radius 2 is 1.80 bits per heavy atom. The zero-order chi connectivity index (χ0) is 18.8. The summed E-state index contributed by atoms with van der Waals surface area (Å²) in [6.45, 7) is 18.7. The van der Waals surface area contributed by atoms with Gasteiger partial charge in [0.15, 0.2) is 6.71 Å². The minimum absolute atomic E-state index is 0.355. The molecule has 1 saturated heterocycles. The zero-order valence-corrected chi connectivity index (χ0v) is 17.8. The van der Waals surface area contributed by atoms with Crippen LogP contribution in [0.5, 0.6) is 0 Å². The average molecular weight is 357 g/mol. The van der Waals surface area contributed by atoms with Gasteiger partial charge < -0.3 is 0 Å². The van der Waals surface area contributed by atoms with Crippen LogP contribution in [0.3, 0.4) is 0 Å². The molecule has 0 atom stereocenters. The molecule has 0 spiro atoms. The first-order valence-electron chi connectivity index (χ1n) is 9.70. The molecule has 1 fully saturated rings. The first-order chi connectivity index (χ1) is 11.6. The van der Waals surface area contributed by atoms with E-state index in [4.69, 9.17) is 11.6 Å². The van der Waals surface area contributed by atoms with Crippen molar-refractivity contribution in [2.45, 2.75) is 73.4 Å². The van der Waals surface area contributed by atoms with Crippen LogP contribution in [0.4, 0.5) is 0 Å². The van der Waals surface area contributed by atoms with E-state index in [0.717, 1.165) is 24.3 Å². The molecule has 1 heterocycles. The van der Waals surface area contributed by atoms with Gasteiger partial charge in [-0.1, -0.05) is 100 Å². The van der Waals surface area contributed by atoms with Crippen molar-refractivity contribution >= 4 is 29.9 Å². The van der Waals surface area contributed by atoms with Crippen molar-refractivity contribution in [3.63, 3.8) is 0 Å². The zero-order valence-electron chi connectivity index (χ0n) is 17.0. The Morgan fingerprint density at radius 3 is 2.36 bits per heavy atom. The number of benzene rings is 1. The van der Waals surface area contributed by atoms with Gasteiger partial charge in [-0.05, 0) is 48.6 Å². The number of rotatable bonds is 6. The SMILES string of the molecule is C=C(CC)CC/C=C/c1c(Cl)cc(C)cc1B1CC(C)(C)C(C)(C)C1. The molecule has 0 radical (unpaired) electrons. The van der Waals surface area contributed by atoms with E-state index in [9.17, 15) is 0 Å². The van der Waals surface area contributed by atoms with Crippen LogP contribution in [-0.2, 0) is 0 Å². The predicted octanol–water partition coefficient (Wildman–Crippen LogP) is 7.18. The maximum absolute atomic E-state index is 6.66. The van der Waals surface area contributed by atoms with E-state index in [1.807, 2.05) is 0 Å². The number of aryl methyl sites for hydroxylation is 1. The van der Waals surface area contributed by atoms with Gasteiger partial charge in [0.1, 0.15) is 0 Å². The molecule has 2 rings (SSSR count). The number of hydrogen-bond acceptors (Lipinski definition) is 0. The fourth-order valence-electron chi connectivity index (χ4n) is 4.04. The van der Waals surface area contributed by atoms with Crippen molar-refractivity contribution in [1.82, 2.24) is 0 Å². The fourth-order valence-corrected chi connectivity index (χ4v) is 4.38. The van der Waals surface area contributed by atoms with Crippen molar-refractivity contribution in [3.8, 4) is 0 Å². The molecule has 0 unspecified atom stereocenters. The van der Waals surface area contributed by atoms with Crippen molar-refractivity contribution in [2.24, 2.45) is 10.8 Å². The average Bonchev–Trinajstić information content (AvgIpc) is 2.72. The number of allylic oxidation sites excluding steroid dienone is 2. The van der Waals surface area contributed by atoms with Crippen LogP contribution in [0, 0.1) is 17.8 Å². The first kappa shape index (κ1) is 20.4. The predicted molar refractivity (Wildman–Crippen MR) is 116 cm³/mol. The van der Waals surface area contributed by atoms with Crippen LogP contribution in [0.1, 0.15) is 65.0 Å². The van der Waals surface area contributed by atoms with Crippen LogP contribution >= 0.6 is 11.6 Å². The molecule has 0 N–H and O–H groups in total. The highest BCUT2D eigenvalue weighted by atomic mass is 35.5. The van der Waals surface area contributed by atoms with Crippen molar-refractivity contribution in [3.05, 3.63) is 46.5 Å². The van der Waals surface area contributed by atoms with Gasteiger partial charge in [0.05, 0.1) is 0 Å². The summed E-state index contributed by atoms with van der Waals surface area (Å²) >= 11 is 6.66. The van der Waals surface area contributed by atoms with E-state index in [1.165, 1.54) is 34.8 Å². The smallest absolute Gasteiger partial charge is 0.0999 e. The van der Waals surface area contributed by atoms with E-state index in [0.29, 0.717) is 17.5 Å². The Hall–Kier alpha value is -0.945. The molecule has 25 heavy (non-hydrogen) atoms. The molecule has 0 bridgehead atoms. The summed E-state index contributed by atoms with van der Waals surface area (Å²) in [5.74, 6) is 0. The summed E-state index contributed by atoms with van der Waals surface area (Å²) in [6.07, 6.45) is 10.1. The fraction of sp³-hybridized carbons (Fsp3) is 0.565. The number of halogens is 1. The second-order valence-corrected chi connectivity index (χ2v) is 9.57. The first-order valence-corrected chi connectivity index (χ1v) is 10.1. The number of hydrogen-bond donors (Lipinski definition) is 0. The highest BCUT2D eigenvalue weighted by molar-refractivity contribution is 6.75. The van der Waals surface area contributed by atoms with E-state index < -0.39 is 0 Å². The van der Waals surface area contributed by atoms with Gasteiger partial charge >= 0.3 is 0 Å². The van der Waals surface area contributed by atoms with Crippen LogP contribution in [-0.4, -0.2) is 6.71 Å². The summed E-state index contributed by atoms with van der Waals surface area (Å²) in [4.78, 5) is 0. The third-order valence-electron chi connectivity index (χ3n) is 6.54. The van der Waals surface area contributed by atoms with Gasteiger partial charge in [-0.25, -0.2) is 0 Å². The molecule has 1 aliphatic rings. The van der Waals surface area contributed by atoms with E-state index in [-0.39, 0.29) is 0 Å². The highest BCUT2D eigenvalue weighted by Gasteiger charge is 2.48. The lowest BCUT2D eigenvalue weighted by atomic mass is 9.41. The topological polar surface area (TPSA) is 0 Å². The summed E-state index contributed by atoms with van der Waals surface area (Å²) in [7, 11) is 0. The Kier molecular flexibility index (Phi) is 6.31. The van der Waals surface area contributed by atoms with Gasteiger partial charge in [0.2, 0.25) is 0 Å². The monoisotopic (exact) mass is 356 g/mol. The second kappa shape index (κ2) is 7.74. The summed E-state index contributed by atoms with van der Waals surface area (Å²) in [5, 5.41) is 0.892. The summed E-state index contributed by atoms with van der Waals surface area (Å²) < 4.78 is 0. The summed E-state index contributed by atoms with van der Waals surface area (Å²) in [5.41, 5.74) is 5.96. The standard InChI is InChI=1S/C23H34BCl/c1-8-17(2)11-9-10-12-19-20(13-18(3)14-21(19)25)24-15-22(4,5)23(6,7)16-24/h10,12-14H,2,8-9,11,15-16H2,1,3-7H3/b12-10+. The molecule has 2 heteroatoms. The van der Waals surface area contributed by atoms with Gasteiger partial charge in [-0.3, -0.25) is 0 Å². The molecule has 0 aromatic heterocycles. The molecule has 0 aliphatic carbocycles. The molecular weight excluding hydrogens is 323 g/mol. The van der Waals surface area contributed by atoms with Gasteiger partial charge in [-0.15, -0.1) is 0 Å². The molecule has 1 aromatic carbocycles. The van der Waals surface area contributed by atoms with Crippen LogP contribution in [0.25, 0.3) is 6.08 Å². The van der Waals surface area contributed by atoms with Crippen LogP contribution in [0.15, 0.2) is 30.4 Å². The van der Waals surface area contributed by atoms with Crippen molar-refractivity contribution in [2.75, 3.05) is 0 Å². The molecule has 1 aromatic rings. The van der Waals surface area contributed by atoms with E-state index >= 15 is 0 Å². The molecular formula is C23H34BCl. The van der Waals surface area contributed by atoms with E-state index in [2.05, 4.69) is 72.4 Å². The maximum atomic E-state index is 6.66. The minimum atomic E-state index is 0.355. The Morgan fingerprint density at radius 1 is 1.20 bits per heavy atom. The largest absolute Gasteiger partial charge is 0.177 e. The van der Waals surface area contributed by atoms with Gasteiger partial charge in [0, 0.05) is 5.02 Å². The van der Waals surface area contributed by atoms with Crippen molar-refractivity contribution in [1.29, 1.82) is 0 Å². The Balaban J connectivity index is 2.29. The molecule has 0 saturated carbocycles. The van der Waals surface area contributed by atoms with Crippen molar-refractivity contribution < 1.29 is 0 Å². The third-order valence-corrected chi connectivity index (χ3v) is 6.85. The molecule has 0 nitrogen and oxygen atoms in total. The molecule has 0 amide bonds. The lowest BCUT2D eigenvalue weighted by molar-refractivity contribution is 0.177.